The van der Waals surface area contributed by atoms with Crippen molar-refractivity contribution in [3.05, 3.63) is 35.0 Å². The van der Waals surface area contributed by atoms with E-state index in [4.69, 9.17) is 5.21 Å². The third-order valence-electron chi connectivity index (χ3n) is 1.80. The molecule has 0 atom stereocenters. The summed E-state index contributed by atoms with van der Waals surface area (Å²) >= 11 is 0. The van der Waals surface area contributed by atoms with Crippen molar-refractivity contribution >= 4 is 5.69 Å². The summed E-state index contributed by atoms with van der Waals surface area (Å²) in [6.45, 7) is -0.546. The van der Waals surface area contributed by atoms with Crippen molar-refractivity contribution < 1.29 is 14.6 Å². The predicted molar refractivity (Wildman–Crippen MR) is 47.5 cm³/mol. The number of anilines is 1. The van der Waals surface area contributed by atoms with E-state index in [1.54, 1.807) is 24.3 Å². The summed E-state index contributed by atoms with van der Waals surface area (Å²) in [7, 11) is 1.43. The lowest BCUT2D eigenvalue weighted by Crippen LogP contribution is -2.25. The van der Waals surface area contributed by atoms with Crippen LogP contribution < -0.4 is 5.01 Å². The van der Waals surface area contributed by atoms with Gasteiger partial charge in [-0.05, 0) is 17.7 Å². The van der Waals surface area contributed by atoms with Gasteiger partial charge in [0, 0.05) is 0 Å². The maximum absolute atomic E-state index is 12.1. The fraction of sp³-hybridized carbons (Fsp3) is 0.250. The monoisotopic (exact) mass is 199 g/mol. The van der Waals surface area contributed by atoms with Crippen LogP contribution in [0.15, 0.2) is 29.5 Å². The zero-order valence-corrected chi connectivity index (χ0v) is 7.59. The molecule has 0 aliphatic heterocycles. The standard InChI is InChI=1S/C8H10FN3O2/c1-11(12(14)10-13)8-4-2-7(6-9)3-5-8/h2-5,13H,6H2,1H3/b12-10-. The Bertz CT molecular complexity index is 326. The molecule has 5 nitrogen and oxygen atoms in total. The molecule has 0 aliphatic rings. The van der Waals surface area contributed by atoms with Crippen LogP contribution in [0.1, 0.15) is 5.56 Å². The molecule has 0 unspecified atom stereocenters. The second-order valence-corrected chi connectivity index (χ2v) is 2.67. The molecule has 0 aromatic heterocycles. The molecule has 1 aromatic rings. The SMILES string of the molecule is CN(c1ccc(CF)cc1)/[N+]([O-])=N/O. The Kier molecular flexibility index (Phi) is 3.22. The van der Waals surface area contributed by atoms with Gasteiger partial charge < -0.3 is 10.4 Å². The van der Waals surface area contributed by atoms with E-state index in [-0.39, 0.29) is 4.97 Å². The van der Waals surface area contributed by atoms with Crippen LogP contribution in [0.25, 0.3) is 0 Å². The smallest absolute Gasteiger partial charge is 0.231 e. The Morgan fingerprint density at radius 2 is 2.07 bits per heavy atom. The van der Waals surface area contributed by atoms with Gasteiger partial charge in [-0.3, -0.25) is 0 Å². The molecule has 0 bridgehead atoms. The lowest BCUT2D eigenvalue weighted by atomic mass is 10.2. The minimum absolute atomic E-state index is 0.0183. The molecule has 1 aromatic carbocycles. The molecular weight excluding hydrogens is 189 g/mol. The average Bonchev–Trinajstić information content (AvgIpc) is 2.27. The topological polar surface area (TPSA) is 61.9 Å². The molecule has 0 saturated heterocycles. The van der Waals surface area contributed by atoms with E-state index in [1.165, 1.54) is 7.05 Å². The van der Waals surface area contributed by atoms with E-state index < -0.39 is 6.67 Å². The van der Waals surface area contributed by atoms with Crippen LogP contribution in [-0.2, 0) is 6.67 Å². The number of nitrogens with zero attached hydrogens (tertiary/aromatic N) is 3. The van der Waals surface area contributed by atoms with Gasteiger partial charge in [0.1, 0.15) is 12.4 Å². The lowest BCUT2D eigenvalue weighted by Gasteiger charge is -2.11. The highest BCUT2D eigenvalue weighted by atomic mass is 19.1. The van der Waals surface area contributed by atoms with Crippen LogP contribution in [0.4, 0.5) is 10.1 Å². The molecular formula is C8H10FN3O2. The summed E-state index contributed by atoms with van der Waals surface area (Å²) < 4.78 is 12.1. The largest absolute Gasteiger partial charge is 0.569 e. The van der Waals surface area contributed by atoms with E-state index in [1.807, 2.05) is 0 Å². The number of hydrogen-bond donors (Lipinski definition) is 1. The number of rotatable bonds is 3. The Labute approximate surface area is 80.2 Å². The number of benzene rings is 1. The molecule has 1 N–H and O–H groups in total. The third-order valence-corrected chi connectivity index (χ3v) is 1.80. The van der Waals surface area contributed by atoms with E-state index in [9.17, 15) is 9.60 Å². The maximum atomic E-state index is 12.1. The van der Waals surface area contributed by atoms with Crippen LogP contribution in [0.3, 0.4) is 0 Å². The fourth-order valence-electron chi connectivity index (χ4n) is 0.960. The summed E-state index contributed by atoms with van der Waals surface area (Å²) in [5.74, 6) is 0. The summed E-state index contributed by atoms with van der Waals surface area (Å²) in [4.78, 5) is 0.0183. The molecule has 0 spiro atoms. The van der Waals surface area contributed by atoms with Crippen LogP contribution in [-0.4, -0.2) is 17.2 Å². The van der Waals surface area contributed by atoms with Crippen molar-refractivity contribution in [3.8, 4) is 0 Å². The van der Waals surface area contributed by atoms with Gasteiger partial charge >= 0.3 is 0 Å². The maximum Gasteiger partial charge on any atom is 0.231 e. The van der Waals surface area contributed by atoms with E-state index in [0.717, 1.165) is 5.01 Å². The molecule has 1 rings (SSSR count). The first kappa shape index (κ1) is 10.2. The molecule has 76 valence electrons. The van der Waals surface area contributed by atoms with Gasteiger partial charge in [0.05, 0.1) is 12.0 Å². The second kappa shape index (κ2) is 4.40. The Morgan fingerprint density at radius 1 is 1.50 bits per heavy atom. The normalized spacial score (nSPS) is 11.4. The Hall–Kier alpha value is -1.85. The van der Waals surface area contributed by atoms with Crippen LogP contribution >= 0.6 is 0 Å². The minimum atomic E-state index is -0.546. The minimum Gasteiger partial charge on any atom is -0.569 e. The van der Waals surface area contributed by atoms with Gasteiger partial charge in [0.25, 0.3) is 0 Å². The van der Waals surface area contributed by atoms with Gasteiger partial charge in [-0.2, -0.15) is 0 Å². The van der Waals surface area contributed by atoms with Gasteiger partial charge in [-0.25, -0.2) is 4.39 Å². The third kappa shape index (κ3) is 2.09. The van der Waals surface area contributed by atoms with Crippen molar-refractivity contribution in [3.63, 3.8) is 0 Å². The average molecular weight is 199 g/mol. The Morgan fingerprint density at radius 3 is 2.50 bits per heavy atom. The summed E-state index contributed by atoms with van der Waals surface area (Å²) in [6.07, 6.45) is 0. The molecule has 0 aliphatic carbocycles. The highest BCUT2D eigenvalue weighted by Crippen LogP contribution is 2.14. The second-order valence-electron chi connectivity index (χ2n) is 2.67. The van der Waals surface area contributed by atoms with Gasteiger partial charge in [-0.1, -0.05) is 12.1 Å². The lowest BCUT2D eigenvalue weighted by molar-refractivity contribution is -0.564. The van der Waals surface area contributed by atoms with Gasteiger partial charge in [0.2, 0.25) is 5.28 Å². The number of halogens is 1. The van der Waals surface area contributed by atoms with E-state index >= 15 is 0 Å². The summed E-state index contributed by atoms with van der Waals surface area (Å²) in [5, 5.41) is 22.5. The van der Waals surface area contributed by atoms with Crippen LogP contribution in [0.2, 0.25) is 0 Å². The van der Waals surface area contributed by atoms with Crippen molar-refractivity contribution in [1.82, 2.24) is 0 Å². The Balaban J connectivity index is 2.86. The van der Waals surface area contributed by atoms with Gasteiger partial charge in [0.15, 0.2) is 0 Å². The molecule has 0 heterocycles. The predicted octanol–water partition coefficient (Wildman–Crippen LogP) is 1.86. The van der Waals surface area contributed by atoms with Crippen molar-refractivity contribution in [1.29, 1.82) is 0 Å². The first-order chi connectivity index (χ1) is 6.69. The molecule has 0 amide bonds. The fourth-order valence-corrected chi connectivity index (χ4v) is 0.960. The van der Waals surface area contributed by atoms with Crippen molar-refractivity contribution in [2.75, 3.05) is 12.1 Å². The molecule has 0 saturated carbocycles. The quantitative estimate of drug-likeness (QED) is 0.459. The zero-order chi connectivity index (χ0) is 10.6. The summed E-state index contributed by atoms with van der Waals surface area (Å²) in [6, 6.07) is 6.23. The summed E-state index contributed by atoms with van der Waals surface area (Å²) in [5.41, 5.74) is 1.04. The molecule has 14 heavy (non-hydrogen) atoms. The van der Waals surface area contributed by atoms with E-state index in [2.05, 4.69) is 5.28 Å². The number of alkyl halides is 1. The van der Waals surface area contributed by atoms with Crippen LogP contribution in [0, 0.1) is 5.21 Å². The van der Waals surface area contributed by atoms with Crippen molar-refractivity contribution in [2.24, 2.45) is 5.28 Å². The number of hydrazine groups is 1. The molecule has 0 fully saturated rings. The van der Waals surface area contributed by atoms with Crippen molar-refractivity contribution in [2.45, 2.75) is 6.67 Å². The first-order valence-electron chi connectivity index (χ1n) is 3.90. The van der Waals surface area contributed by atoms with E-state index in [0.29, 0.717) is 11.3 Å². The highest BCUT2D eigenvalue weighted by Gasteiger charge is 2.08. The highest BCUT2D eigenvalue weighted by molar-refractivity contribution is 5.44. The van der Waals surface area contributed by atoms with Gasteiger partial charge in [-0.15, -0.1) is 5.01 Å². The first-order valence-corrected chi connectivity index (χ1v) is 3.90. The molecule has 0 radical (unpaired) electrons. The van der Waals surface area contributed by atoms with Crippen LogP contribution in [0.5, 0.6) is 0 Å². The number of hydrogen-bond acceptors (Lipinski definition) is 2. The zero-order valence-electron chi connectivity index (χ0n) is 7.59. The molecule has 6 heteroatoms.